The van der Waals surface area contributed by atoms with Crippen molar-refractivity contribution in [2.24, 2.45) is 11.8 Å². The molecule has 0 fully saturated rings. The van der Waals surface area contributed by atoms with E-state index in [4.69, 9.17) is 9.05 Å². The van der Waals surface area contributed by atoms with Gasteiger partial charge in [-0.05, 0) is 61.5 Å². The van der Waals surface area contributed by atoms with Gasteiger partial charge in [0.05, 0.1) is 13.2 Å². The molecular weight excluding hydrogens is 769 g/mol. The minimum Gasteiger partial charge on any atom is -0.775 e. The number of rotatable bonds is 32. The van der Waals surface area contributed by atoms with Crippen LogP contribution in [0.4, 0.5) is 0 Å². The van der Waals surface area contributed by atoms with Crippen LogP contribution in [0, 0.1) is 11.8 Å². The summed E-state index contributed by atoms with van der Waals surface area (Å²) in [5.41, 5.74) is 2.42. The molecule has 0 aromatic heterocycles. The summed E-state index contributed by atoms with van der Waals surface area (Å²) >= 11 is 0. The molecule has 0 saturated heterocycles. The Morgan fingerprint density at radius 2 is 0.745 bits per heavy atom. The van der Waals surface area contributed by atoms with Gasteiger partial charge in [-0.2, -0.15) is 0 Å². The predicted molar refractivity (Wildman–Crippen MR) is 229 cm³/mol. The molecule has 55 heavy (non-hydrogen) atoms. The fraction of sp³-hybridized carbons (Fsp3) is 0.739. The minimum absolute atomic E-state index is 0. The molecule has 0 amide bonds. The summed E-state index contributed by atoms with van der Waals surface area (Å²) in [4.78, 5) is 24.9. The van der Waals surface area contributed by atoms with E-state index >= 15 is 0 Å². The van der Waals surface area contributed by atoms with E-state index in [1.54, 1.807) is 24.3 Å². The molecule has 0 aliphatic carbocycles. The molecule has 4 unspecified atom stereocenters. The SMILES string of the molecule is CCCCCCCCCc1ccc(P(=O)([O-])OCC(CC)CCCC)cc1.CCCCCCCCCc1ccc(P(=O)([O-])OCC(CC)CCCC)cc1.[Co+2]. The number of hydrogen-bond donors (Lipinski definition) is 0. The Morgan fingerprint density at radius 1 is 0.455 bits per heavy atom. The van der Waals surface area contributed by atoms with Crippen LogP contribution in [0.1, 0.15) is 194 Å². The zero-order valence-corrected chi connectivity index (χ0v) is 38.7. The Kier molecular flexibility index (Phi) is 33.7. The van der Waals surface area contributed by atoms with Crippen LogP contribution in [0.25, 0.3) is 0 Å². The fourth-order valence-electron chi connectivity index (χ4n) is 6.62. The minimum atomic E-state index is -3.96. The fourth-order valence-corrected chi connectivity index (χ4v) is 8.76. The zero-order chi connectivity index (χ0) is 39.9. The van der Waals surface area contributed by atoms with Crippen molar-refractivity contribution in [2.45, 2.75) is 196 Å². The van der Waals surface area contributed by atoms with Gasteiger partial charge in [0.2, 0.25) is 0 Å². The van der Waals surface area contributed by atoms with E-state index in [0.717, 1.165) is 64.2 Å². The Hall–Kier alpha value is -0.754. The molecule has 2 rings (SSSR count). The first kappa shape index (κ1) is 54.2. The Balaban J connectivity index is 0.00000104. The van der Waals surface area contributed by atoms with Gasteiger partial charge in [-0.25, -0.2) is 0 Å². The van der Waals surface area contributed by atoms with Crippen molar-refractivity contribution < 1.29 is 44.7 Å². The molecule has 319 valence electrons. The molecule has 0 aliphatic rings. The van der Waals surface area contributed by atoms with Gasteiger partial charge in [-0.3, -0.25) is 0 Å². The molecule has 0 heterocycles. The molecule has 6 nitrogen and oxygen atoms in total. The molecule has 0 saturated carbocycles. The third-order valence-electron chi connectivity index (χ3n) is 10.7. The average molecular weight is 850 g/mol. The summed E-state index contributed by atoms with van der Waals surface area (Å²) in [6, 6.07) is 14.6. The summed E-state index contributed by atoms with van der Waals surface area (Å²) < 4.78 is 35.6. The first-order valence-corrected chi connectivity index (χ1v) is 25.2. The van der Waals surface area contributed by atoms with Gasteiger partial charge in [0.15, 0.2) is 15.2 Å². The number of hydrogen-bond acceptors (Lipinski definition) is 6. The second-order valence-corrected chi connectivity index (χ2v) is 19.0. The van der Waals surface area contributed by atoms with Crippen LogP contribution in [-0.2, 0) is 47.8 Å². The van der Waals surface area contributed by atoms with Crippen LogP contribution in [0.5, 0.6) is 0 Å². The second kappa shape index (κ2) is 34.1. The van der Waals surface area contributed by atoms with Crippen molar-refractivity contribution in [3.63, 3.8) is 0 Å². The molecule has 0 bridgehead atoms. The number of unbranched alkanes of at least 4 members (excludes halogenated alkanes) is 14. The maximum absolute atomic E-state index is 12.4. The topological polar surface area (TPSA) is 98.7 Å². The van der Waals surface area contributed by atoms with Crippen molar-refractivity contribution in [3.8, 4) is 0 Å². The summed E-state index contributed by atoms with van der Waals surface area (Å²) in [7, 11) is -7.92. The predicted octanol–water partition coefficient (Wildman–Crippen LogP) is 12.8. The molecule has 4 atom stereocenters. The van der Waals surface area contributed by atoms with Crippen molar-refractivity contribution >= 4 is 25.8 Å². The van der Waals surface area contributed by atoms with E-state index in [2.05, 4.69) is 41.5 Å². The van der Waals surface area contributed by atoms with Gasteiger partial charge < -0.3 is 28.0 Å². The van der Waals surface area contributed by atoms with Gasteiger partial charge in [-0.15, -0.1) is 0 Å². The first-order chi connectivity index (χ1) is 26.1. The average Bonchev–Trinajstić information content (AvgIpc) is 3.18. The molecule has 1 radical (unpaired) electrons. The van der Waals surface area contributed by atoms with Gasteiger partial charge in [0, 0.05) is 10.6 Å². The van der Waals surface area contributed by atoms with Gasteiger partial charge in [0.1, 0.15) is 0 Å². The molecule has 9 heteroatoms. The third kappa shape index (κ3) is 26.1. The van der Waals surface area contributed by atoms with E-state index in [9.17, 15) is 18.9 Å². The largest absolute Gasteiger partial charge is 2.00 e. The second-order valence-electron chi connectivity index (χ2n) is 15.5. The summed E-state index contributed by atoms with van der Waals surface area (Å²) in [5.74, 6) is 0.646. The van der Waals surface area contributed by atoms with Crippen molar-refractivity contribution in [1.82, 2.24) is 0 Å². The summed E-state index contributed by atoms with van der Waals surface area (Å²) in [5, 5.41) is 0.604. The van der Waals surface area contributed by atoms with Crippen molar-refractivity contribution in [2.75, 3.05) is 13.2 Å². The Bertz CT molecular complexity index is 1160. The quantitative estimate of drug-likeness (QED) is 0.0537. The normalized spacial score (nSPS) is 14.5. The van der Waals surface area contributed by atoms with Crippen LogP contribution in [0.2, 0.25) is 0 Å². The van der Waals surface area contributed by atoms with Crippen LogP contribution >= 0.6 is 15.2 Å². The van der Waals surface area contributed by atoms with Gasteiger partial charge in [0.25, 0.3) is 0 Å². The zero-order valence-electron chi connectivity index (χ0n) is 35.8. The third-order valence-corrected chi connectivity index (χ3v) is 13.5. The van der Waals surface area contributed by atoms with Crippen LogP contribution in [0.3, 0.4) is 0 Å². The maximum Gasteiger partial charge on any atom is 2.00 e. The Labute approximate surface area is 349 Å². The summed E-state index contributed by atoms with van der Waals surface area (Å²) in [6.45, 7) is 13.6. The molecule has 0 N–H and O–H groups in total. The monoisotopic (exact) mass is 849 g/mol. The molecular formula is C46H80CoO6P2. The van der Waals surface area contributed by atoms with E-state index in [-0.39, 0.29) is 16.8 Å². The van der Waals surface area contributed by atoms with Crippen molar-refractivity contribution in [3.05, 3.63) is 59.7 Å². The molecule has 2 aromatic carbocycles. The molecule has 2 aromatic rings. The van der Waals surface area contributed by atoms with E-state index in [1.807, 2.05) is 24.3 Å². The maximum atomic E-state index is 12.4. The van der Waals surface area contributed by atoms with Crippen LogP contribution in [-0.4, -0.2) is 13.2 Å². The first-order valence-electron chi connectivity index (χ1n) is 22.2. The van der Waals surface area contributed by atoms with E-state index in [1.165, 1.54) is 101 Å². The van der Waals surface area contributed by atoms with Crippen LogP contribution in [0.15, 0.2) is 48.5 Å². The number of aryl methyl sites for hydroxylation is 2. The summed E-state index contributed by atoms with van der Waals surface area (Å²) in [6.07, 6.45) is 28.6. The van der Waals surface area contributed by atoms with Gasteiger partial charge in [-0.1, -0.05) is 206 Å². The smallest absolute Gasteiger partial charge is 0.775 e. The van der Waals surface area contributed by atoms with E-state index in [0.29, 0.717) is 35.7 Å². The molecule has 0 spiro atoms. The van der Waals surface area contributed by atoms with Crippen LogP contribution < -0.4 is 20.4 Å². The van der Waals surface area contributed by atoms with E-state index < -0.39 is 15.2 Å². The van der Waals surface area contributed by atoms with Crippen molar-refractivity contribution in [1.29, 1.82) is 0 Å². The Morgan fingerprint density at radius 3 is 1.04 bits per heavy atom. The number of benzene rings is 2. The molecule has 0 aliphatic heterocycles. The standard InChI is InChI=1S/2C23H41O3P.Co/c2*1-4-7-9-10-11-12-13-15-22-16-18-23(19-17-22)27(24,25)26-20-21(6-3)14-8-5-2;/h2*16-19,21H,4-15,20H2,1-3H3,(H,24,25);/q;;+2/p-2. The van der Waals surface area contributed by atoms with Gasteiger partial charge >= 0.3 is 16.8 Å².